The number of aryl methyl sites for hydroxylation is 1. The lowest BCUT2D eigenvalue weighted by Crippen LogP contribution is -2.32. The molecule has 0 aliphatic carbocycles. The third kappa shape index (κ3) is 7.70. The number of amides is 2. The Balaban J connectivity index is 1.29. The van der Waals surface area contributed by atoms with Crippen LogP contribution >= 0.6 is 0 Å². The largest absolute Gasteiger partial charge is 0.493 e. The fourth-order valence-electron chi connectivity index (χ4n) is 5.31. The molecule has 4 aromatic rings. The molecule has 10 nitrogen and oxygen atoms in total. The zero-order valence-corrected chi connectivity index (χ0v) is 25.8. The van der Waals surface area contributed by atoms with Gasteiger partial charge in [-0.3, -0.25) is 19.1 Å². The number of nitrogens with zero attached hydrogens (tertiary/aromatic N) is 3. The van der Waals surface area contributed by atoms with Crippen LogP contribution in [0.25, 0.3) is 11.1 Å². The third-order valence-corrected chi connectivity index (χ3v) is 7.89. The number of benzene rings is 3. The van der Waals surface area contributed by atoms with Gasteiger partial charge < -0.3 is 24.8 Å². The maximum Gasteiger partial charge on any atom is 0.322 e. The zero-order valence-electron chi connectivity index (χ0n) is 25.8. The van der Waals surface area contributed by atoms with Crippen LogP contribution in [0.3, 0.4) is 0 Å². The van der Waals surface area contributed by atoms with Gasteiger partial charge in [-0.25, -0.2) is 0 Å². The molecule has 3 aromatic carbocycles. The van der Waals surface area contributed by atoms with Crippen molar-refractivity contribution in [3.8, 4) is 22.6 Å². The monoisotopic (exact) mass is 610 g/mol. The molecule has 10 heteroatoms. The first-order valence-corrected chi connectivity index (χ1v) is 15.1. The average Bonchev–Trinajstić information content (AvgIpc) is 3.41. The van der Waals surface area contributed by atoms with E-state index in [1.54, 1.807) is 29.1 Å². The van der Waals surface area contributed by atoms with Gasteiger partial charge in [-0.05, 0) is 68.1 Å². The van der Waals surface area contributed by atoms with Crippen LogP contribution in [0.1, 0.15) is 53.2 Å². The Hall–Kier alpha value is -5.12. The van der Waals surface area contributed by atoms with E-state index in [9.17, 15) is 14.4 Å². The molecule has 1 aliphatic rings. The van der Waals surface area contributed by atoms with Gasteiger partial charge in [0, 0.05) is 42.3 Å². The number of carbonyl (C=O) groups excluding carboxylic acids is 2. The van der Waals surface area contributed by atoms with Gasteiger partial charge in [0.05, 0.1) is 31.1 Å². The smallest absolute Gasteiger partial charge is 0.322 e. The minimum Gasteiger partial charge on any atom is -0.493 e. The number of ether oxygens (including phenoxy) is 2. The Labute approximate surface area is 262 Å². The van der Waals surface area contributed by atoms with Crippen LogP contribution in [-0.2, 0) is 16.1 Å². The minimum absolute atomic E-state index is 0.0265. The topological polar surface area (TPSA) is 123 Å². The van der Waals surface area contributed by atoms with Crippen LogP contribution in [0.4, 0.5) is 5.69 Å². The van der Waals surface area contributed by atoms with E-state index in [0.29, 0.717) is 50.3 Å². The highest BCUT2D eigenvalue weighted by Crippen LogP contribution is 2.41. The summed E-state index contributed by atoms with van der Waals surface area (Å²) in [7, 11) is 0. The second-order valence-electron chi connectivity index (χ2n) is 11.3. The molecule has 45 heavy (non-hydrogen) atoms. The first kappa shape index (κ1) is 31.3. The summed E-state index contributed by atoms with van der Waals surface area (Å²) in [5, 5.41) is 15.8. The van der Waals surface area contributed by atoms with E-state index in [1.807, 2.05) is 61.3 Å². The Bertz CT molecular complexity index is 1700. The summed E-state index contributed by atoms with van der Waals surface area (Å²) in [6, 6.07) is 18.8. The van der Waals surface area contributed by atoms with Crippen LogP contribution in [0, 0.1) is 13.8 Å². The van der Waals surface area contributed by atoms with E-state index >= 15 is 0 Å². The van der Waals surface area contributed by atoms with Crippen molar-refractivity contribution < 1.29 is 29.0 Å². The first-order chi connectivity index (χ1) is 21.7. The van der Waals surface area contributed by atoms with E-state index in [1.165, 1.54) is 5.56 Å². The van der Waals surface area contributed by atoms with E-state index in [0.717, 1.165) is 33.7 Å². The maximum absolute atomic E-state index is 13.5. The molecule has 1 aromatic heterocycles. The molecule has 0 radical (unpaired) electrons. The fourth-order valence-corrected chi connectivity index (χ4v) is 5.31. The number of aliphatic carboxylic acids is 1. The summed E-state index contributed by atoms with van der Waals surface area (Å²) in [5.74, 6) is -0.0277. The van der Waals surface area contributed by atoms with Gasteiger partial charge in [-0.2, -0.15) is 5.10 Å². The highest BCUT2D eigenvalue weighted by molar-refractivity contribution is 5.97. The number of hydrogen-bond donors (Lipinski definition) is 2. The second kappa shape index (κ2) is 14.1. The van der Waals surface area contributed by atoms with Gasteiger partial charge in [0.2, 0.25) is 5.91 Å². The van der Waals surface area contributed by atoms with Crippen molar-refractivity contribution in [2.24, 2.45) is 0 Å². The molecule has 0 saturated heterocycles. The van der Waals surface area contributed by atoms with Crippen molar-refractivity contribution in [1.29, 1.82) is 0 Å². The molecule has 5 rings (SSSR count). The lowest BCUT2D eigenvalue weighted by Gasteiger charge is -2.23. The lowest BCUT2D eigenvalue weighted by atomic mass is 10.1. The Morgan fingerprint density at radius 3 is 2.71 bits per heavy atom. The number of carboxylic acid groups (broad SMARTS) is 1. The number of hydrogen-bond acceptors (Lipinski definition) is 6. The van der Waals surface area contributed by atoms with Crippen molar-refractivity contribution in [2.45, 2.75) is 52.7 Å². The molecular formula is C35H38N4O6. The van der Waals surface area contributed by atoms with Crippen molar-refractivity contribution in [2.75, 3.05) is 24.6 Å². The maximum atomic E-state index is 13.5. The van der Waals surface area contributed by atoms with Crippen LogP contribution < -0.4 is 19.7 Å². The fraction of sp³-hybridized carbons (Fsp3) is 0.314. The number of aromatic nitrogens is 2. The van der Waals surface area contributed by atoms with Crippen molar-refractivity contribution >= 4 is 23.5 Å². The van der Waals surface area contributed by atoms with Gasteiger partial charge >= 0.3 is 5.97 Å². The number of carbonyl (C=O) groups is 3. The summed E-state index contributed by atoms with van der Waals surface area (Å²) >= 11 is 0. The van der Waals surface area contributed by atoms with Crippen LogP contribution in [-0.4, -0.2) is 58.5 Å². The van der Waals surface area contributed by atoms with Crippen molar-refractivity contribution in [1.82, 2.24) is 15.1 Å². The molecule has 2 amide bonds. The van der Waals surface area contributed by atoms with Crippen LogP contribution in [0.15, 0.2) is 73.1 Å². The van der Waals surface area contributed by atoms with Crippen molar-refractivity contribution in [3.05, 3.63) is 95.3 Å². The minimum atomic E-state index is -1.10. The number of nitrogens with one attached hydrogen (secondary N) is 1. The molecule has 1 unspecified atom stereocenters. The molecule has 234 valence electrons. The third-order valence-electron chi connectivity index (χ3n) is 7.89. The van der Waals surface area contributed by atoms with E-state index in [4.69, 9.17) is 14.6 Å². The molecule has 1 atom stereocenters. The SMILES string of the molecule is Cc1cccc(OCCCC(=O)N2CCC(C)Oc3c(-c4cnn(Cc5cccc(C(=O)NCC(=O)O)c5)c4)cccc32)c1C. The molecule has 2 N–H and O–H groups in total. The molecule has 0 saturated carbocycles. The summed E-state index contributed by atoms with van der Waals surface area (Å²) in [6.07, 6.45) is 5.24. The quantitative estimate of drug-likeness (QED) is 0.218. The molecular weight excluding hydrogens is 572 g/mol. The normalized spacial score (nSPS) is 14.2. The number of carboxylic acids is 1. The predicted molar refractivity (Wildman–Crippen MR) is 171 cm³/mol. The molecule has 0 fully saturated rings. The van der Waals surface area contributed by atoms with Gasteiger partial charge in [0.15, 0.2) is 5.75 Å². The van der Waals surface area contributed by atoms with Crippen LogP contribution in [0.2, 0.25) is 0 Å². The predicted octanol–water partition coefficient (Wildman–Crippen LogP) is 5.39. The Morgan fingerprint density at radius 2 is 1.89 bits per heavy atom. The highest BCUT2D eigenvalue weighted by atomic mass is 16.5. The van der Waals surface area contributed by atoms with Gasteiger partial charge in [0.1, 0.15) is 12.3 Å². The number of rotatable bonds is 11. The van der Waals surface area contributed by atoms with Gasteiger partial charge in [-0.15, -0.1) is 0 Å². The van der Waals surface area contributed by atoms with E-state index in [-0.39, 0.29) is 12.0 Å². The number of fused-ring (bicyclic) bond motifs is 1. The summed E-state index contributed by atoms with van der Waals surface area (Å²) < 4.78 is 14.1. The lowest BCUT2D eigenvalue weighted by molar-refractivity contribution is -0.135. The summed E-state index contributed by atoms with van der Waals surface area (Å²) in [4.78, 5) is 38.4. The molecule has 2 heterocycles. The van der Waals surface area contributed by atoms with E-state index < -0.39 is 18.4 Å². The Morgan fingerprint density at radius 1 is 1.09 bits per heavy atom. The number of anilines is 1. The first-order valence-electron chi connectivity index (χ1n) is 15.1. The van der Waals surface area contributed by atoms with E-state index in [2.05, 4.69) is 23.4 Å². The van der Waals surface area contributed by atoms with Crippen molar-refractivity contribution in [3.63, 3.8) is 0 Å². The van der Waals surface area contributed by atoms with Gasteiger partial charge in [0.25, 0.3) is 5.91 Å². The molecule has 0 spiro atoms. The highest BCUT2D eigenvalue weighted by Gasteiger charge is 2.27. The average molecular weight is 611 g/mol. The summed E-state index contributed by atoms with van der Waals surface area (Å²) in [5.41, 5.74) is 5.91. The number of para-hydroxylation sites is 1. The van der Waals surface area contributed by atoms with Crippen LogP contribution in [0.5, 0.6) is 11.5 Å². The molecule has 0 bridgehead atoms. The zero-order chi connectivity index (χ0) is 31.9. The second-order valence-corrected chi connectivity index (χ2v) is 11.3. The Kier molecular flexibility index (Phi) is 9.82. The standard InChI is InChI=1S/C35H38N4O6/c1-23-8-4-13-31(25(23)3)44-17-7-14-32(40)39-16-15-24(2)45-34-29(11-6-12-30(34)39)28-19-37-38(22-28)21-26-9-5-10-27(18-26)35(43)36-20-33(41)42/h4-6,8-13,18-19,22,24H,7,14-17,20-21H2,1-3H3,(H,36,43)(H,41,42). The summed E-state index contributed by atoms with van der Waals surface area (Å²) in [6.45, 7) is 7.08. The van der Waals surface area contributed by atoms with Gasteiger partial charge in [-0.1, -0.05) is 36.4 Å². The molecule has 1 aliphatic heterocycles.